The standard InChI is InChI=1S/C12H22N4O5/c1-7(2)3-8(13)12(21)16-5-10(18)14-4-9(17)15-6-11(19)20/h7-8H,3-6,13H2,1-2H3,(H,14,18)(H,15,17)(H,16,21)(H,19,20)/t8-/m0/s1. The van der Waals surface area contributed by atoms with Crippen LogP contribution < -0.4 is 21.7 Å². The molecule has 9 heteroatoms. The van der Waals surface area contributed by atoms with Crippen LogP contribution in [-0.4, -0.2) is 54.5 Å². The molecule has 6 N–H and O–H groups in total. The zero-order valence-corrected chi connectivity index (χ0v) is 12.1. The Morgan fingerprint density at radius 2 is 1.43 bits per heavy atom. The molecule has 0 aliphatic rings. The Balaban J connectivity index is 3.87. The third-order valence-electron chi connectivity index (χ3n) is 2.37. The summed E-state index contributed by atoms with van der Waals surface area (Å²) in [6, 6.07) is -0.684. The van der Waals surface area contributed by atoms with Crippen molar-refractivity contribution < 1.29 is 24.3 Å². The fourth-order valence-corrected chi connectivity index (χ4v) is 1.39. The maximum absolute atomic E-state index is 11.5. The molecule has 1 atom stereocenters. The highest BCUT2D eigenvalue weighted by molar-refractivity contribution is 5.90. The zero-order chi connectivity index (χ0) is 16.4. The quantitative estimate of drug-likeness (QED) is 0.326. The number of carbonyl (C=O) groups is 4. The van der Waals surface area contributed by atoms with Gasteiger partial charge < -0.3 is 26.8 Å². The lowest BCUT2D eigenvalue weighted by Gasteiger charge is -2.14. The lowest BCUT2D eigenvalue weighted by atomic mass is 10.0. The Morgan fingerprint density at radius 1 is 0.952 bits per heavy atom. The van der Waals surface area contributed by atoms with Crippen molar-refractivity contribution in [1.82, 2.24) is 16.0 Å². The summed E-state index contributed by atoms with van der Waals surface area (Å²) in [5, 5.41) is 15.0. The van der Waals surface area contributed by atoms with Gasteiger partial charge in [-0.1, -0.05) is 13.8 Å². The molecule has 0 bridgehead atoms. The van der Waals surface area contributed by atoms with Crippen LogP contribution in [0.5, 0.6) is 0 Å². The van der Waals surface area contributed by atoms with Crippen molar-refractivity contribution in [3.63, 3.8) is 0 Å². The summed E-state index contributed by atoms with van der Waals surface area (Å²) in [5.74, 6) is -2.55. The summed E-state index contributed by atoms with van der Waals surface area (Å²) in [5.41, 5.74) is 5.63. The highest BCUT2D eigenvalue weighted by atomic mass is 16.4. The van der Waals surface area contributed by atoms with Gasteiger partial charge in [0.05, 0.1) is 19.1 Å². The summed E-state index contributed by atoms with van der Waals surface area (Å²) >= 11 is 0. The molecule has 0 aliphatic carbocycles. The van der Waals surface area contributed by atoms with Crippen LogP contribution in [0.3, 0.4) is 0 Å². The van der Waals surface area contributed by atoms with Gasteiger partial charge in [0.2, 0.25) is 17.7 Å². The molecule has 0 aromatic carbocycles. The molecule has 0 aromatic heterocycles. The maximum atomic E-state index is 11.5. The summed E-state index contributed by atoms with van der Waals surface area (Å²) in [4.78, 5) is 44.2. The van der Waals surface area contributed by atoms with E-state index in [1.54, 1.807) is 0 Å². The molecule has 9 nitrogen and oxygen atoms in total. The average Bonchev–Trinajstić information content (AvgIpc) is 2.39. The minimum atomic E-state index is -1.18. The molecule has 0 rings (SSSR count). The lowest BCUT2D eigenvalue weighted by molar-refractivity contribution is -0.137. The van der Waals surface area contributed by atoms with Crippen molar-refractivity contribution >= 4 is 23.7 Å². The van der Waals surface area contributed by atoms with E-state index < -0.39 is 36.3 Å². The Labute approximate surface area is 122 Å². The topological polar surface area (TPSA) is 151 Å². The number of amides is 3. The van der Waals surface area contributed by atoms with Gasteiger partial charge in [0.1, 0.15) is 6.54 Å². The molecule has 0 radical (unpaired) electrons. The molecule has 0 aliphatic heterocycles. The molecular weight excluding hydrogens is 280 g/mol. The van der Waals surface area contributed by atoms with Gasteiger partial charge in [-0.15, -0.1) is 0 Å². The van der Waals surface area contributed by atoms with Crippen LogP contribution in [0.2, 0.25) is 0 Å². The number of nitrogens with one attached hydrogen (secondary N) is 3. The highest BCUT2D eigenvalue weighted by Crippen LogP contribution is 2.02. The first-order valence-electron chi connectivity index (χ1n) is 6.50. The molecule has 21 heavy (non-hydrogen) atoms. The second kappa shape index (κ2) is 9.70. The predicted octanol–water partition coefficient (Wildman–Crippen LogP) is -2.21. The smallest absolute Gasteiger partial charge is 0.322 e. The van der Waals surface area contributed by atoms with E-state index in [2.05, 4.69) is 16.0 Å². The molecule has 3 amide bonds. The van der Waals surface area contributed by atoms with Crippen molar-refractivity contribution in [2.24, 2.45) is 11.7 Å². The predicted molar refractivity (Wildman–Crippen MR) is 74.1 cm³/mol. The lowest BCUT2D eigenvalue weighted by Crippen LogP contribution is -2.47. The summed E-state index contributed by atoms with van der Waals surface area (Å²) in [7, 11) is 0. The van der Waals surface area contributed by atoms with E-state index in [1.807, 2.05) is 13.8 Å². The molecule has 0 unspecified atom stereocenters. The first-order valence-corrected chi connectivity index (χ1v) is 6.50. The van der Waals surface area contributed by atoms with E-state index in [4.69, 9.17) is 10.8 Å². The molecule has 0 fully saturated rings. The second-order valence-electron chi connectivity index (χ2n) is 4.90. The summed E-state index contributed by atoms with van der Waals surface area (Å²) < 4.78 is 0. The van der Waals surface area contributed by atoms with E-state index in [-0.39, 0.29) is 19.0 Å². The first kappa shape index (κ1) is 18.8. The average molecular weight is 302 g/mol. The number of hydrogen-bond acceptors (Lipinski definition) is 5. The third kappa shape index (κ3) is 10.3. The molecule has 0 saturated carbocycles. The van der Waals surface area contributed by atoms with Gasteiger partial charge in [-0.05, 0) is 12.3 Å². The van der Waals surface area contributed by atoms with E-state index in [1.165, 1.54) is 0 Å². The van der Waals surface area contributed by atoms with Crippen molar-refractivity contribution in [2.75, 3.05) is 19.6 Å². The zero-order valence-electron chi connectivity index (χ0n) is 12.1. The monoisotopic (exact) mass is 302 g/mol. The van der Waals surface area contributed by atoms with Crippen molar-refractivity contribution in [1.29, 1.82) is 0 Å². The van der Waals surface area contributed by atoms with Gasteiger partial charge in [-0.25, -0.2) is 0 Å². The Bertz CT molecular complexity index is 397. The van der Waals surface area contributed by atoms with Gasteiger partial charge in [0, 0.05) is 0 Å². The van der Waals surface area contributed by atoms with Crippen LogP contribution in [0, 0.1) is 5.92 Å². The van der Waals surface area contributed by atoms with Crippen LogP contribution in [0.1, 0.15) is 20.3 Å². The van der Waals surface area contributed by atoms with E-state index in [0.29, 0.717) is 6.42 Å². The fourth-order valence-electron chi connectivity index (χ4n) is 1.39. The molecule has 0 spiro atoms. The largest absolute Gasteiger partial charge is 0.480 e. The molecule has 120 valence electrons. The SMILES string of the molecule is CC(C)C[C@H](N)C(=O)NCC(=O)NCC(=O)NCC(=O)O. The molecule has 0 saturated heterocycles. The van der Waals surface area contributed by atoms with Gasteiger partial charge >= 0.3 is 5.97 Å². The van der Waals surface area contributed by atoms with E-state index >= 15 is 0 Å². The van der Waals surface area contributed by atoms with Gasteiger partial charge in [0.25, 0.3) is 0 Å². The normalized spacial score (nSPS) is 11.6. The van der Waals surface area contributed by atoms with E-state index in [0.717, 1.165) is 0 Å². The second-order valence-corrected chi connectivity index (χ2v) is 4.90. The van der Waals surface area contributed by atoms with Crippen LogP contribution in [0.15, 0.2) is 0 Å². The van der Waals surface area contributed by atoms with Gasteiger partial charge in [-0.3, -0.25) is 19.2 Å². The number of carboxylic acids is 1. The van der Waals surface area contributed by atoms with Crippen LogP contribution in [0.4, 0.5) is 0 Å². The number of rotatable bonds is 9. The Morgan fingerprint density at radius 3 is 1.90 bits per heavy atom. The summed E-state index contributed by atoms with van der Waals surface area (Å²) in [6.45, 7) is 2.68. The molecule has 0 aromatic rings. The van der Waals surface area contributed by atoms with Gasteiger partial charge in [0.15, 0.2) is 0 Å². The molecular formula is C12H22N4O5. The Hall–Kier alpha value is -2.16. The summed E-state index contributed by atoms with van der Waals surface area (Å²) in [6.07, 6.45) is 0.505. The van der Waals surface area contributed by atoms with Crippen LogP contribution in [0.25, 0.3) is 0 Å². The first-order chi connectivity index (χ1) is 9.72. The fraction of sp³-hybridized carbons (Fsp3) is 0.667. The van der Waals surface area contributed by atoms with Crippen LogP contribution >= 0.6 is 0 Å². The van der Waals surface area contributed by atoms with E-state index in [9.17, 15) is 19.2 Å². The van der Waals surface area contributed by atoms with Crippen molar-refractivity contribution in [3.8, 4) is 0 Å². The van der Waals surface area contributed by atoms with Crippen molar-refractivity contribution in [2.45, 2.75) is 26.3 Å². The van der Waals surface area contributed by atoms with Gasteiger partial charge in [-0.2, -0.15) is 0 Å². The van der Waals surface area contributed by atoms with Crippen molar-refractivity contribution in [3.05, 3.63) is 0 Å². The number of aliphatic carboxylic acids is 1. The highest BCUT2D eigenvalue weighted by Gasteiger charge is 2.15. The maximum Gasteiger partial charge on any atom is 0.322 e. The minimum absolute atomic E-state index is 0.262. The number of carbonyl (C=O) groups excluding carboxylic acids is 3. The number of nitrogens with two attached hydrogens (primary N) is 1. The third-order valence-corrected chi connectivity index (χ3v) is 2.37. The number of hydrogen-bond donors (Lipinski definition) is 5. The van der Waals surface area contributed by atoms with Crippen LogP contribution in [-0.2, 0) is 19.2 Å². The number of carboxylic acid groups (broad SMARTS) is 1. The molecule has 0 heterocycles. The minimum Gasteiger partial charge on any atom is -0.480 e. The Kier molecular flexibility index (Phi) is 8.70.